The number of nitrogens with zero attached hydrogens (tertiary/aromatic N) is 4. The standard InChI is InChI=1S/C51H58ClFN6O3S2.CO2/c1-36-30-47(18-19-49(36)54-43(35-63-46-8-6-5-7-9-46)20-23-57-24-21-51(3,60)22-25-57)64(61,62)55-42-14-16-44(17-15-42)58-26-28-59(29-27-58)45-33-39(32-41(53)34-45)48-31-37(2)56(4)50(48)38-10-12-40(52)13-11-38;2-1-3/h5-19,30-34,43,54-55,60H,20-29,35H2,1-4H3;/t43-;/m1./s1. The van der Waals surface area contributed by atoms with Crippen molar-refractivity contribution in [3.63, 3.8) is 0 Å². The smallest absolute Gasteiger partial charge is 0.373 e. The van der Waals surface area contributed by atoms with E-state index in [-0.39, 0.29) is 22.9 Å². The molecule has 1 atom stereocenters. The van der Waals surface area contributed by atoms with E-state index in [9.17, 15) is 13.5 Å². The van der Waals surface area contributed by atoms with Crippen LogP contribution in [0, 0.1) is 19.7 Å². The van der Waals surface area contributed by atoms with Crippen LogP contribution in [0.1, 0.15) is 37.4 Å². The van der Waals surface area contributed by atoms with E-state index >= 15 is 4.39 Å². The lowest BCUT2D eigenvalue weighted by atomic mass is 9.94. The zero-order valence-corrected chi connectivity index (χ0v) is 40.7. The fourth-order valence-corrected chi connectivity index (χ4v) is 11.0. The van der Waals surface area contributed by atoms with Gasteiger partial charge in [0.1, 0.15) is 5.82 Å². The van der Waals surface area contributed by atoms with Gasteiger partial charge in [-0.1, -0.05) is 41.9 Å². The van der Waals surface area contributed by atoms with Crippen LogP contribution in [0.15, 0.2) is 131 Å². The number of aryl methyl sites for hydroxylation is 2. The van der Waals surface area contributed by atoms with Gasteiger partial charge in [-0.25, -0.2) is 12.8 Å². The minimum absolute atomic E-state index is 0.154. The van der Waals surface area contributed by atoms with E-state index in [1.54, 1.807) is 36.4 Å². The SMILES string of the molecule is Cc1cc(S(=O)(=O)Nc2ccc(N3CCN(c4cc(F)cc(-c5cc(C)n(C)c5-c5ccc(Cl)cc5)c4)CC3)cc2)ccc1N[C@H](CCN1CCC(C)(O)CC1)CSc1ccccc1.O=C=O. The number of carbonyl (C=O) groups excluding carboxylic acids is 2. The molecule has 352 valence electrons. The van der Waals surface area contributed by atoms with E-state index in [0.717, 1.165) is 108 Å². The normalized spacial score (nSPS) is 15.6. The lowest BCUT2D eigenvalue weighted by Gasteiger charge is -2.37. The number of aliphatic hydroxyl groups is 1. The maximum atomic E-state index is 15.3. The quantitative estimate of drug-likeness (QED) is 0.0857. The third-order valence-corrected chi connectivity index (χ3v) is 15.5. The number of aromatic nitrogens is 1. The number of anilines is 4. The number of thioether (sulfide) groups is 1. The molecule has 0 amide bonds. The van der Waals surface area contributed by atoms with Gasteiger partial charge in [0.15, 0.2) is 0 Å². The highest BCUT2D eigenvalue weighted by molar-refractivity contribution is 7.99. The highest BCUT2D eigenvalue weighted by atomic mass is 35.5. The van der Waals surface area contributed by atoms with Crippen LogP contribution in [-0.2, 0) is 26.7 Å². The van der Waals surface area contributed by atoms with Gasteiger partial charge in [-0.05, 0) is 148 Å². The van der Waals surface area contributed by atoms with E-state index in [0.29, 0.717) is 23.8 Å². The number of piperidine rings is 1. The molecule has 11 nitrogen and oxygen atoms in total. The fourth-order valence-electron chi connectivity index (χ4n) is 8.69. The second-order valence-electron chi connectivity index (χ2n) is 17.6. The summed E-state index contributed by atoms with van der Waals surface area (Å²) >= 11 is 8.01. The van der Waals surface area contributed by atoms with Crippen molar-refractivity contribution < 1.29 is 27.5 Å². The number of hydrogen-bond donors (Lipinski definition) is 3. The van der Waals surface area contributed by atoms with Crippen molar-refractivity contribution in [1.82, 2.24) is 9.47 Å². The average molecular weight is 966 g/mol. The third kappa shape index (κ3) is 12.9. The summed E-state index contributed by atoms with van der Waals surface area (Å²) in [6.07, 6.45) is 2.72. The first-order valence-corrected chi connectivity index (χ1v) is 25.3. The Morgan fingerprint density at radius 2 is 1.45 bits per heavy atom. The second kappa shape index (κ2) is 22.0. The summed E-state index contributed by atoms with van der Waals surface area (Å²) in [4.78, 5) is 24.6. The Morgan fingerprint density at radius 3 is 2.09 bits per heavy atom. The van der Waals surface area contributed by atoms with E-state index in [1.165, 1.54) is 4.90 Å². The van der Waals surface area contributed by atoms with Crippen LogP contribution in [0.3, 0.4) is 0 Å². The van der Waals surface area contributed by atoms with Gasteiger partial charge in [0.05, 0.1) is 16.2 Å². The van der Waals surface area contributed by atoms with Crippen molar-refractivity contribution >= 4 is 62.3 Å². The molecule has 2 fully saturated rings. The molecule has 0 spiro atoms. The number of halogens is 2. The molecular weight excluding hydrogens is 907 g/mol. The number of benzene rings is 5. The van der Waals surface area contributed by atoms with E-state index in [1.807, 2.05) is 81.2 Å². The van der Waals surface area contributed by atoms with Crippen molar-refractivity contribution in [3.05, 3.63) is 143 Å². The van der Waals surface area contributed by atoms with Crippen LogP contribution in [0.4, 0.5) is 27.1 Å². The third-order valence-electron chi connectivity index (χ3n) is 12.7. The Morgan fingerprint density at radius 1 is 0.806 bits per heavy atom. The predicted molar refractivity (Wildman–Crippen MR) is 269 cm³/mol. The summed E-state index contributed by atoms with van der Waals surface area (Å²) in [5, 5.41) is 14.8. The summed E-state index contributed by atoms with van der Waals surface area (Å²) in [7, 11) is -1.83. The molecule has 3 N–H and O–H groups in total. The van der Waals surface area contributed by atoms with Crippen LogP contribution in [0.2, 0.25) is 5.02 Å². The molecule has 67 heavy (non-hydrogen) atoms. The lowest BCUT2D eigenvalue weighted by molar-refractivity contribution is -0.191. The molecule has 6 aromatic rings. The Balaban J connectivity index is 0.00000216. The zero-order valence-electron chi connectivity index (χ0n) is 38.3. The lowest BCUT2D eigenvalue weighted by Crippen LogP contribution is -2.46. The van der Waals surface area contributed by atoms with E-state index < -0.39 is 15.6 Å². The highest BCUT2D eigenvalue weighted by Crippen LogP contribution is 2.38. The van der Waals surface area contributed by atoms with E-state index in [4.69, 9.17) is 21.2 Å². The molecular formula is C52H58ClFN6O5S2. The number of nitrogens with one attached hydrogen (secondary N) is 2. The number of likely N-dealkylation sites (tertiary alicyclic amines) is 1. The maximum absolute atomic E-state index is 15.3. The number of rotatable bonds is 15. The summed E-state index contributed by atoms with van der Waals surface area (Å²) in [6, 6.07) is 38.4. The van der Waals surface area contributed by atoms with Gasteiger partial charge in [-0.3, -0.25) is 4.72 Å². The van der Waals surface area contributed by atoms with Crippen molar-refractivity contribution in [1.29, 1.82) is 0 Å². The molecule has 0 bridgehead atoms. The maximum Gasteiger partial charge on any atom is 0.373 e. The summed E-state index contributed by atoms with van der Waals surface area (Å²) < 4.78 is 47.6. The molecule has 5 aromatic carbocycles. The molecule has 1 aromatic heterocycles. The topological polar surface area (TPSA) is 127 Å². The molecule has 3 heterocycles. The van der Waals surface area contributed by atoms with Gasteiger partial charge >= 0.3 is 6.15 Å². The van der Waals surface area contributed by atoms with E-state index in [2.05, 4.69) is 72.6 Å². The Bertz CT molecular complexity index is 2750. The molecule has 0 saturated carbocycles. The Kier molecular flexibility index (Phi) is 16.2. The van der Waals surface area contributed by atoms with Crippen LogP contribution < -0.4 is 19.8 Å². The zero-order chi connectivity index (χ0) is 47.7. The average Bonchev–Trinajstić information content (AvgIpc) is 3.61. The summed E-state index contributed by atoms with van der Waals surface area (Å²) in [5.41, 5.74) is 8.40. The number of hydrogen-bond acceptors (Lipinski definition) is 10. The molecule has 2 saturated heterocycles. The molecule has 2 aliphatic heterocycles. The van der Waals surface area contributed by atoms with Crippen molar-refractivity contribution in [2.45, 2.75) is 61.5 Å². The largest absolute Gasteiger partial charge is 0.390 e. The summed E-state index contributed by atoms with van der Waals surface area (Å²) in [6.45, 7) is 11.5. The minimum atomic E-state index is -3.85. The van der Waals surface area contributed by atoms with Gasteiger partial charge in [0.2, 0.25) is 0 Å². The van der Waals surface area contributed by atoms with Gasteiger partial charge in [0, 0.05) is 109 Å². The van der Waals surface area contributed by atoms with Crippen LogP contribution in [-0.4, -0.2) is 92.4 Å². The summed E-state index contributed by atoms with van der Waals surface area (Å²) in [5.74, 6) is 0.579. The fraction of sp³-hybridized carbons (Fsp3) is 0.327. The van der Waals surface area contributed by atoms with Crippen LogP contribution in [0.25, 0.3) is 22.4 Å². The molecule has 0 aliphatic carbocycles. The molecule has 0 radical (unpaired) electrons. The van der Waals surface area contributed by atoms with Crippen molar-refractivity contribution in [2.75, 3.05) is 71.4 Å². The molecule has 0 unspecified atom stereocenters. The molecule has 8 rings (SSSR count). The van der Waals surface area contributed by atoms with Crippen molar-refractivity contribution in [3.8, 4) is 22.4 Å². The van der Waals surface area contributed by atoms with Gasteiger partial charge in [-0.2, -0.15) is 9.59 Å². The first-order valence-electron chi connectivity index (χ1n) is 22.5. The first-order chi connectivity index (χ1) is 32.1. The van der Waals surface area contributed by atoms with Crippen LogP contribution >= 0.6 is 23.4 Å². The Hall–Kier alpha value is -5.60. The second-order valence-corrected chi connectivity index (χ2v) is 20.8. The predicted octanol–water partition coefficient (Wildman–Crippen LogP) is 10.1. The molecule has 15 heteroatoms. The van der Waals surface area contributed by atoms with Crippen LogP contribution in [0.5, 0.6) is 0 Å². The Labute approximate surface area is 403 Å². The molecule has 2 aliphatic rings. The highest BCUT2D eigenvalue weighted by Gasteiger charge is 2.28. The first kappa shape index (κ1) is 49.3. The minimum Gasteiger partial charge on any atom is -0.390 e. The van der Waals surface area contributed by atoms with Gasteiger partial charge in [-0.15, -0.1) is 11.8 Å². The van der Waals surface area contributed by atoms with Gasteiger partial charge in [0.25, 0.3) is 10.0 Å². The van der Waals surface area contributed by atoms with Gasteiger partial charge < -0.3 is 29.7 Å². The number of sulfonamides is 1. The number of piperazine rings is 1. The van der Waals surface area contributed by atoms with Crippen molar-refractivity contribution in [2.24, 2.45) is 7.05 Å². The monoisotopic (exact) mass is 964 g/mol.